The molecule has 0 aliphatic rings. The number of benzene rings is 1. The zero-order chi connectivity index (χ0) is 15.2. The molecule has 0 heterocycles. The predicted molar refractivity (Wildman–Crippen MR) is 80.5 cm³/mol. The van der Waals surface area contributed by atoms with E-state index in [4.69, 9.17) is 4.74 Å². The van der Waals surface area contributed by atoms with Crippen molar-refractivity contribution in [1.29, 1.82) is 0 Å². The van der Waals surface area contributed by atoms with Crippen molar-refractivity contribution in [2.75, 3.05) is 26.7 Å². The molecule has 1 rings (SSSR count). The lowest BCUT2D eigenvalue weighted by Crippen LogP contribution is -2.32. The van der Waals surface area contributed by atoms with Crippen LogP contribution in [0.3, 0.4) is 0 Å². The van der Waals surface area contributed by atoms with Crippen LogP contribution in [0.4, 0.5) is 0 Å². The van der Waals surface area contributed by atoms with Gasteiger partial charge in [0, 0.05) is 13.1 Å². The molecular weight excluding hydrogens is 276 g/mol. The van der Waals surface area contributed by atoms with Crippen molar-refractivity contribution in [3.8, 4) is 5.75 Å². The second-order valence-electron chi connectivity index (χ2n) is 5.81. The summed E-state index contributed by atoms with van der Waals surface area (Å²) in [5, 5.41) is 2.97. The molecule has 0 radical (unpaired) electrons. The quantitative estimate of drug-likeness (QED) is 0.751. The summed E-state index contributed by atoms with van der Waals surface area (Å²) in [6.45, 7) is 7.63. The summed E-state index contributed by atoms with van der Waals surface area (Å²) < 4.78 is 32.2. The van der Waals surface area contributed by atoms with E-state index in [2.05, 4.69) is 10.0 Å². The fourth-order valence-electron chi connectivity index (χ4n) is 1.38. The normalized spacial score (nSPS) is 12.4. The van der Waals surface area contributed by atoms with E-state index in [1.165, 1.54) is 0 Å². The third-order valence-corrected chi connectivity index (χ3v) is 3.96. The standard InChI is InChI=1S/C14H24N2O3S/c1-14(2,3)11-16-20(17,18)13-7-5-12(6-8-13)19-10-9-15-4/h5-8,15-16H,9-11H2,1-4H3. The maximum atomic E-state index is 12.1. The molecule has 0 bridgehead atoms. The smallest absolute Gasteiger partial charge is 0.240 e. The first-order valence-corrected chi connectivity index (χ1v) is 8.10. The highest BCUT2D eigenvalue weighted by Crippen LogP contribution is 2.17. The van der Waals surface area contributed by atoms with Gasteiger partial charge < -0.3 is 10.1 Å². The van der Waals surface area contributed by atoms with Crippen LogP contribution in [0.2, 0.25) is 0 Å². The minimum absolute atomic E-state index is 0.0940. The molecule has 0 aliphatic heterocycles. The lowest BCUT2D eigenvalue weighted by molar-refractivity contribution is 0.318. The van der Waals surface area contributed by atoms with E-state index in [0.717, 1.165) is 6.54 Å². The molecule has 0 saturated carbocycles. The number of hydrogen-bond donors (Lipinski definition) is 2. The van der Waals surface area contributed by atoms with Crippen LogP contribution in [0, 0.1) is 5.41 Å². The van der Waals surface area contributed by atoms with Crippen LogP contribution >= 0.6 is 0 Å². The Hall–Kier alpha value is -1.11. The molecule has 0 aromatic heterocycles. The number of sulfonamides is 1. The lowest BCUT2D eigenvalue weighted by atomic mass is 9.98. The minimum Gasteiger partial charge on any atom is -0.492 e. The Kier molecular flexibility index (Phi) is 5.98. The van der Waals surface area contributed by atoms with E-state index in [1.807, 2.05) is 27.8 Å². The van der Waals surface area contributed by atoms with Crippen molar-refractivity contribution in [2.45, 2.75) is 25.7 Å². The first-order valence-electron chi connectivity index (χ1n) is 6.62. The highest BCUT2D eigenvalue weighted by Gasteiger charge is 2.18. The van der Waals surface area contributed by atoms with Crippen molar-refractivity contribution in [3.63, 3.8) is 0 Å². The highest BCUT2D eigenvalue weighted by atomic mass is 32.2. The van der Waals surface area contributed by atoms with E-state index < -0.39 is 10.0 Å². The molecule has 6 heteroatoms. The summed E-state index contributed by atoms with van der Waals surface area (Å²) in [5.41, 5.74) is -0.0940. The second-order valence-corrected chi connectivity index (χ2v) is 7.58. The summed E-state index contributed by atoms with van der Waals surface area (Å²) in [6, 6.07) is 6.45. The molecule has 1 aromatic rings. The number of likely N-dealkylation sites (N-methyl/N-ethyl adjacent to an activating group) is 1. The molecule has 0 amide bonds. The van der Waals surface area contributed by atoms with Crippen LogP contribution in [0.1, 0.15) is 20.8 Å². The SMILES string of the molecule is CNCCOc1ccc(S(=O)(=O)NCC(C)(C)C)cc1. The molecule has 2 N–H and O–H groups in total. The largest absolute Gasteiger partial charge is 0.492 e. The van der Waals surface area contributed by atoms with Gasteiger partial charge in [0.05, 0.1) is 4.90 Å². The van der Waals surface area contributed by atoms with Gasteiger partial charge in [-0.25, -0.2) is 13.1 Å². The maximum Gasteiger partial charge on any atom is 0.240 e. The number of ether oxygens (including phenoxy) is 1. The van der Waals surface area contributed by atoms with Crippen molar-refractivity contribution < 1.29 is 13.2 Å². The van der Waals surface area contributed by atoms with Crippen LogP contribution in [0.5, 0.6) is 5.75 Å². The molecule has 0 fully saturated rings. The average molecular weight is 300 g/mol. The fraction of sp³-hybridized carbons (Fsp3) is 0.571. The zero-order valence-corrected chi connectivity index (χ0v) is 13.4. The predicted octanol–water partition coefficient (Wildman–Crippen LogP) is 1.61. The van der Waals surface area contributed by atoms with Crippen LogP contribution in [0.25, 0.3) is 0 Å². The molecule has 114 valence electrons. The third-order valence-electron chi connectivity index (χ3n) is 2.55. The van der Waals surface area contributed by atoms with Gasteiger partial charge in [0.1, 0.15) is 12.4 Å². The van der Waals surface area contributed by atoms with Gasteiger partial charge in [-0.05, 0) is 36.7 Å². The summed E-state index contributed by atoms with van der Waals surface area (Å²) >= 11 is 0. The Bertz CT molecular complexity index is 504. The van der Waals surface area contributed by atoms with Crippen LogP contribution in [-0.4, -0.2) is 35.2 Å². The van der Waals surface area contributed by atoms with Gasteiger partial charge in [-0.15, -0.1) is 0 Å². The monoisotopic (exact) mass is 300 g/mol. The van der Waals surface area contributed by atoms with E-state index in [-0.39, 0.29) is 10.3 Å². The molecule has 0 aliphatic carbocycles. The van der Waals surface area contributed by atoms with Crippen molar-refractivity contribution in [3.05, 3.63) is 24.3 Å². The Morgan fingerprint density at radius 1 is 1.15 bits per heavy atom. The van der Waals surface area contributed by atoms with E-state index in [0.29, 0.717) is 18.9 Å². The van der Waals surface area contributed by atoms with Crippen molar-refractivity contribution >= 4 is 10.0 Å². The van der Waals surface area contributed by atoms with Gasteiger partial charge in [-0.3, -0.25) is 0 Å². The molecule has 20 heavy (non-hydrogen) atoms. The topological polar surface area (TPSA) is 67.4 Å². The van der Waals surface area contributed by atoms with Gasteiger partial charge in [0.25, 0.3) is 0 Å². The van der Waals surface area contributed by atoms with Crippen LogP contribution in [0.15, 0.2) is 29.2 Å². The van der Waals surface area contributed by atoms with Crippen molar-refractivity contribution in [2.24, 2.45) is 5.41 Å². The first kappa shape index (κ1) is 16.9. The van der Waals surface area contributed by atoms with Gasteiger partial charge in [0.2, 0.25) is 10.0 Å². The molecule has 1 aromatic carbocycles. The van der Waals surface area contributed by atoms with Gasteiger partial charge >= 0.3 is 0 Å². The molecule has 0 atom stereocenters. The summed E-state index contributed by atoms with van der Waals surface area (Å²) in [5.74, 6) is 0.662. The summed E-state index contributed by atoms with van der Waals surface area (Å²) in [6.07, 6.45) is 0. The Balaban J connectivity index is 2.67. The Morgan fingerprint density at radius 2 is 1.75 bits per heavy atom. The third kappa shape index (κ3) is 5.90. The highest BCUT2D eigenvalue weighted by molar-refractivity contribution is 7.89. The summed E-state index contributed by atoms with van der Waals surface area (Å²) in [4.78, 5) is 0.253. The number of nitrogens with one attached hydrogen (secondary N) is 2. The lowest BCUT2D eigenvalue weighted by Gasteiger charge is -2.18. The Morgan fingerprint density at radius 3 is 2.25 bits per heavy atom. The minimum atomic E-state index is -3.45. The van der Waals surface area contributed by atoms with Gasteiger partial charge in [0.15, 0.2) is 0 Å². The second kappa shape index (κ2) is 7.06. The summed E-state index contributed by atoms with van der Waals surface area (Å²) in [7, 11) is -1.61. The molecule has 0 saturated heterocycles. The van der Waals surface area contributed by atoms with E-state index in [9.17, 15) is 8.42 Å². The van der Waals surface area contributed by atoms with Crippen LogP contribution in [-0.2, 0) is 10.0 Å². The van der Waals surface area contributed by atoms with Crippen LogP contribution < -0.4 is 14.8 Å². The maximum absolute atomic E-state index is 12.1. The van der Waals surface area contributed by atoms with E-state index in [1.54, 1.807) is 24.3 Å². The zero-order valence-electron chi connectivity index (χ0n) is 12.6. The van der Waals surface area contributed by atoms with E-state index >= 15 is 0 Å². The van der Waals surface area contributed by atoms with Gasteiger partial charge in [-0.2, -0.15) is 0 Å². The fourth-order valence-corrected chi connectivity index (χ4v) is 2.66. The Labute approximate surface area is 121 Å². The van der Waals surface area contributed by atoms with Gasteiger partial charge in [-0.1, -0.05) is 20.8 Å². The molecule has 0 spiro atoms. The number of hydrogen-bond acceptors (Lipinski definition) is 4. The molecule has 5 nitrogen and oxygen atoms in total. The van der Waals surface area contributed by atoms with Crippen molar-refractivity contribution in [1.82, 2.24) is 10.0 Å². The molecule has 0 unspecified atom stereocenters. The number of rotatable bonds is 7. The average Bonchev–Trinajstić information content (AvgIpc) is 2.37. The molecular formula is C14H24N2O3S. The first-order chi connectivity index (χ1) is 9.24.